The minimum atomic E-state index is -0.222. The van der Waals surface area contributed by atoms with Crippen molar-refractivity contribution in [1.82, 2.24) is 0 Å². The summed E-state index contributed by atoms with van der Waals surface area (Å²) in [5.41, 5.74) is 8.31. The zero-order chi connectivity index (χ0) is 10.8. The van der Waals surface area contributed by atoms with E-state index in [4.69, 9.17) is 5.73 Å². The molecule has 1 amide bonds. The zero-order valence-electron chi connectivity index (χ0n) is 8.40. The van der Waals surface area contributed by atoms with Crippen molar-refractivity contribution in [3.63, 3.8) is 0 Å². The maximum absolute atomic E-state index is 11.1. The molecule has 0 bridgehead atoms. The molecule has 1 aliphatic rings. The highest BCUT2D eigenvalue weighted by molar-refractivity contribution is 5.78. The number of hydrogen-bond donors (Lipinski definition) is 1. The number of amides is 1. The van der Waals surface area contributed by atoms with E-state index in [2.05, 4.69) is 0 Å². The molecule has 3 nitrogen and oxygen atoms in total. The number of carbonyl (C=O) groups is 2. The van der Waals surface area contributed by atoms with Crippen LogP contribution in [0.15, 0.2) is 18.2 Å². The summed E-state index contributed by atoms with van der Waals surface area (Å²) in [6, 6.07) is 5.61. The van der Waals surface area contributed by atoms with Crippen LogP contribution in [-0.4, -0.2) is 12.2 Å². The maximum Gasteiger partial charge on any atom is 0.220 e. The van der Waals surface area contributed by atoms with Gasteiger partial charge in [-0.3, -0.25) is 9.59 Å². The first-order valence-corrected chi connectivity index (χ1v) is 5.07. The lowest BCUT2D eigenvalue weighted by atomic mass is 9.83. The third-order valence-electron chi connectivity index (χ3n) is 3.00. The van der Waals surface area contributed by atoms with Gasteiger partial charge in [-0.1, -0.05) is 12.1 Å². The Hall–Kier alpha value is -1.64. The molecular formula is C12H13NO2. The standard InChI is InChI=1S/C12H13NO2/c13-12(15)11-4-3-9-5-8(7-14)1-2-10(9)6-11/h1-2,5,7,11H,3-4,6H2,(H2,13,15)/t11-/m0/s1. The second kappa shape index (κ2) is 3.85. The molecule has 78 valence electrons. The molecule has 15 heavy (non-hydrogen) atoms. The number of aryl methyl sites for hydroxylation is 1. The Labute approximate surface area is 88.3 Å². The second-order valence-electron chi connectivity index (χ2n) is 3.99. The first-order chi connectivity index (χ1) is 7.20. The highest BCUT2D eigenvalue weighted by atomic mass is 16.1. The largest absolute Gasteiger partial charge is 0.369 e. The number of hydrogen-bond acceptors (Lipinski definition) is 2. The summed E-state index contributed by atoms with van der Waals surface area (Å²) in [4.78, 5) is 21.6. The van der Waals surface area contributed by atoms with Crippen molar-refractivity contribution in [3.05, 3.63) is 34.9 Å². The highest BCUT2D eigenvalue weighted by Crippen LogP contribution is 2.25. The van der Waals surface area contributed by atoms with Crippen LogP contribution in [0.1, 0.15) is 27.9 Å². The summed E-state index contributed by atoms with van der Waals surface area (Å²) in [5, 5.41) is 0. The van der Waals surface area contributed by atoms with E-state index in [-0.39, 0.29) is 11.8 Å². The third kappa shape index (κ3) is 1.91. The lowest BCUT2D eigenvalue weighted by molar-refractivity contribution is -0.122. The topological polar surface area (TPSA) is 60.2 Å². The fraction of sp³-hybridized carbons (Fsp3) is 0.333. The predicted molar refractivity (Wildman–Crippen MR) is 56.5 cm³/mol. The Balaban J connectivity index is 2.28. The smallest absolute Gasteiger partial charge is 0.220 e. The van der Waals surface area contributed by atoms with Gasteiger partial charge in [-0.05, 0) is 36.5 Å². The van der Waals surface area contributed by atoms with Crippen LogP contribution < -0.4 is 5.73 Å². The van der Waals surface area contributed by atoms with Gasteiger partial charge in [-0.2, -0.15) is 0 Å². The van der Waals surface area contributed by atoms with Crippen LogP contribution in [0.4, 0.5) is 0 Å². The Morgan fingerprint density at radius 2 is 2.20 bits per heavy atom. The van der Waals surface area contributed by atoms with E-state index in [0.717, 1.165) is 24.7 Å². The molecule has 0 aromatic heterocycles. The van der Waals surface area contributed by atoms with Crippen LogP contribution in [0, 0.1) is 5.92 Å². The number of fused-ring (bicyclic) bond motifs is 1. The molecule has 2 rings (SSSR count). The Bertz CT molecular complexity index is 412. The highest BCUT2D eigenvalue weighted by Gasteiger charge is 2.22. The lowest BCUT2D eigenvalue weighted by Gasteiger charge is -2.22. The molecular weight excluding hydrogens is 190 g/mol. The summed E-state index contributed by atoms with van der Waals surface area (Å²) >= 11 is 0. The van der Waals surface area contributed by atoms with Gasteiger partial charge in [-0.25, -0.2) is 0 Å². The first-order valence-electron chi connectivity index (χ1n) is 5.07. The van der Waals surface area contributed by atoms with Gasteiger partial charge in [0.05, 0.1) is 0 Å². The maximum atomic E-state index is 11.1. The number of nitrogens with two attached hydrogens (primary N) is 1. The summed E-state index contributed by atoms with van der Waals surface area (Å²) in [5.74, 6) is -0.264. The number of aldehydes is 1. The van der Waals surface area contributed by atoms with Crippen molar-refractivity contribution < 1.29 is 9.59 Å². The summed E-state index contributed by atoms with van der Waals surface area (Å²) in [7, 11) is 0. The average molecular weight is 203 g/mol. The van der Waals surface area contributed by atoms with E-state index in [1.165, 1.54) is 5.56 Å². The molecule has 0 radical (unpaired) electrons. The molecule has 1 aliphatic carbocycles. The van der Waals surface area contributed by atoms with E-state index in [1.807, 2.05) is 12.1 Å². The van der Waals surface area contributed by atoms with Crippen molar-refractivity contribution in [1.29, 1.82) is 0 Å². The molecule has 0 saturated heterocycles. The molecule has 3 heteroatoms. The van der Waals surface area contributed by atoms with Gasteiger partial charge in [0.25, 0.3) is 0 Å². The molecule has 2 N–H and O–H groups in total. The van der Waals surface area contributed by atoms with Gasteiger partial charge in [0, 0.05) is 11.5 Å². The fourth-order valence-electron chi connectivity index (χ4n) is 2.09. The van der Waals surface area contributed by atoms with E-state index in [9.17, 15) is 9.59 Å². The zero-order valence-corrected chi connectivity index (χ0v) is 8.40. The van der Waals surface area contributed by atoms with E-state index in [0.29, 0.717) is 12.0 Å². The molecule has 1 aromatic rings. The number of carbonyl (C=O) groups excluding carboxylic acids is 2. The van der Waals surface area contributed by atoms with Gasteiger partial charge < -0.3 is 5.73 Å². The van der Waals surface area contributed by atoms with Crippen molar-refractivity contribution in [2.75, 3.05) is 0 Å². The fourth-order valence-corrected chi connectivity index (χ4v) is 2.09. The predicted octanol–water partition coefficient (Wildman–Crippen LogP) is 1.09. The van der Waals surface area contributed by atoms with Crippen LogP contribution in [-0.2, 0) is 17.6 Å². The Morgan fingerprint density at radius 3 is 2.87 bits per heavy atom. The van der Waals surface area contributed by atoms with E-state index in [1.54, 1.807) is 6.07 Å². The molecule has 1 atom stereocenters. The molecule has 0 spiro atoms. The normalized spacial score (nSPS) is 19.3. The van der Waals surface area contributed by atoms with Gasteiger partial charge >= 0.3 is 0 Å². The molecule has 0 fully saturated rings. The van der Waals surface area contributed by atoms with Gasteiger partial charge in [0.2, 0.25) is 5.91 Å². The molecule has 0 heterocycles. The van der Waals surface area contributed by atoms with Crippen LogP contribution >= 0.6 is 0 Å². The minimum Gasteiger partial charge on any atom is -0.369 e. The lowest BCUT2D eigenvalue weighted by Crippen LogP contribution is -2.28. The van der Waals surface area contributed by atoms with Gasteiger partial charge in [-0.15, -0.1) is 0 Å². The van der Waals surface area contributed by atoms with Crippen LogP contribution in [0.3, 0.4) is 0 Å². The number of primary amides is 1. The summed E-state index contributed by atoms with van der Waals surface area (Å²) in [6.07, 6.45) is 3.19. The van der Waals surface area contributed by atoms with Crippen LogP contribution in [0.2, 0.25) is 0 Å². The van der Waals surface area contributed by atoms with Crippen molar-refractivity contribution in [2.45, 2.75) is 19.3 Å². The molecule has 0 unspecified atom stereocenters. The van der Waals surface area contributed by atoms with Crippen molar-refractivity contribution in [2.24, 2.45) is 11.7 Å². The summed E-state index contributed by atoms with van der Waals surface area (Å²) < 4.78 is 0. The SMILES string of the molecule is NC(=O)[C@H]1CCc2cc(C=O)ccc2C1. The first kappa shape index (κ1) is 9.90. The van der Waals surface area contributed by atoms with Crippen molar-refractivity contribution in [3.8, 4) is 0 Å². The third-order valence-corrected chi connectivity index (χ3v) is 3.00. The quantitative estimate of drug-likeness (QED) is 0.731. The Kier molecular flexibility index (Phi) is 2.54. The molecule has 0 aliphatic heterocycles. The number of benzene rings is 1. The van der Waals surface area contributed by atoms with Gasteiger partial charge in [0.15, 0.2) is 0 Å². The molecule has 0 saturated carbocycles. The number of rotatable bonds is 2. The van der Waals surface area contributed by atoms with Crippen molar-refractivity contribution >= 4 is 12.2 Å². The van der Waals surface area contributed by atoms with Crippen LogP contribution in [0.5, 0.6) is 0 Å². The summed E-state index contributed by atoms with van der Waals surface area (Å²) in [6.45, 7) is 0. The van der Waals surface area contributed by atoms with Gasteiger partial charge in [0.1, 0.15) is 6.29 Å². The minimum absolute atomic E-state index is 0.0421. The Morgan fingerprint density at radius 1 is 1.40 bits per heavy atom. The second-order valence-corrected chi connectivity index (χ2v) is 3.99. The van der Waals surface area contributed by atoms with Crippen LogP contribution in [0.25, 0.3) is 0 Å². The van der Waals surface area contributed by atoms with E-state index >= 15 is 0 Å². The monoisotopic (exact) mass is 203 g/mol. The van der Waals surface area contributed by atoms with E-state index < -0.39 is 0 Å². The average Bonchev–Trinajstić information content (AvgIpc) is 2.27. The molecule has 1 aromatic carbocycles.